The van der Waals surface area contributed by atoms with E-state index >= 15 is 0 Å². The van der Waals surface area contributed by atoms with Crippen LogP contribution in [0.4, 0.5) is 5.69 Å². The lowest BCUT2D eigenvalue weighted by Gasteiger charge is -2.38. The number of sulfonamides is 1. The molecule has 3 N–H and O–H groups in total. The molecule has 0 fully saturated rings. The summed E-state index contributed by atoms with van der Waals surface area (Å²) in [7, 11) is -3.47. The van der Waals surface area contributed by atoms with Gasteiger partial charge in [0.25, 0.3) is 0 Å². The Kier molecular flexibility index (Phi) is 5.48. The normalized spacial score (nSPS) is 21.2. The number of fused-ring (bicyclic) bond motifs is 1. The molecular weight excluding hydrogens is 354 g/mol. The van der Waals surface area contributed by atoms with Crippen LogP contribution in [0.2, 0.25) is 0 Å². The molecule has 0 saturated carbocycles. The molecule has 2 aromatic rings. The summed E-state index contributed by atoms with van der Waals surface area (Å²) >= 11 is 1.82. The maximum Gasteiger partial charge on any atom is 0.240 e. The predicted molar refractivity (Wildman–Crippen MR) is 103 cm³/mol. The summed E-state index contributed by atoms with van der Waals surface area (Å²) in [4.78, 5) is 4.17. The number of hydrogen-bond acceptors (Lipinski definition) is 5. The van der Waals surface area contributed by atoms with E-state index in [1.54, 1.807) is 12.1 Å². The number of nitrogens with one attached hydrogen (secondary N) is 1. The maximum atomic E-state index is 12.3. The predicted octanol–water partition coefficient (Wildman–Crippen LogP) is 3.01. The Balaban J connectivity index is 1.54. The van der Waals surface area contributed by atoms with Crippen molar-refractivity contribution >= 4 is 27.0 Å². The van der Waals surface area contributed by atoms with Gasteiger partial charge in [-0.1, -0.05) is 0 Å². The van der Waals surface area contributed by atoms with E-state index in [2.05, 4.69) is 34.9 Å². The van der Waals surface area contributed by atoms with Crippen LogP contribution < -0.4 is 10.5 Å². The van der Waals surface area contributed by atoms with Crippen LogP contribution in [0.1, 0.15) is 36.8 Å². The second-order valence-electron chi connectivity index (χ2n) is 6.60. The van der Waals surface area contributed by atoms with Gasteiger partial charge < -0.3 is 5.73 Å². The first-order valence-electron chi connectivity index (χ1n) is 8.55. The molecule has 1 aromatic heterocycles. The summed E-state index contributed by atoms with van der Waals surface area (Å²) in [6.07, 6.45) is 1.85. The molecule has 1 aliphatic heterocycles. The quantitative estimate of drug-likeness (QED) is 0.598. The molecule has 1 aliphatic rings. The summed E-state index contributed by atoms with van der Waals surface area (Å²) in [5.74, 6) is 0. The lowest BCUT2D eigenvalue weighted by molar-refractivity contribution is 0.140. The largest absolute Gasteiger partial charge is 0.399 e. The number of hydrogen-bond donors (Lipinski definition) is 2. The zero-order valence-corrected chi connectivity index (χ0v) is 16.2. The standard InChI is InChI=1S/C18H25N3O2S2/c1-13-12-15-8-11-24-18(15)14(2)21(13)10-3-9-20-25(22,23)17-6-4-16(19)5-7-17/h4-8,11,13-14,20H,3,9-10,12,19H2,1-2H3. The Labute approximate surface area is 153 Å². The van der Waals surface area contributed by atoms with Crippen LogP contribution in [0.3, 0.4) is 0 Å². The molecule has 0 bridgehead atoms. The molecule has 2 unspecified atom stereocenters. The van der Waals surface area contributed by atoms with Crippen molar-refractivity contribution in [2.75, 3.05) is 18.8 Å². The van der Waals surface area contributed by atoms with Crippen molar-refractivity contribution in [1.29, 1.82) is 0 Å². The summed E-state index contributed by atoms with van der Waals surface area (Å²) < 4.78 is 27.3. The van der Waals surface area contributed by atoms with Crippen LogP contribution in [0.25, 0.3) is 0 Å². The van der Waals surface area contributed by atoms with E-state index < -0.39 is 10.0 Å². The van der Waals surface area contributed by atoms with Crippen LogP contribution in [0.15, 0.2) is 40.6 Å². The van der Waals surface area contributed by atoms with Gasteiger partial charge in [0.15, 0.2) is 0 Å². The molecule has 136 valence electrons. The van der Waals surface area contributed by atoms with Crippen LogP contribution in [-0.4, -0.2) is 32.4 Å². The van der Waals surface area contributed by atoms with Crippen LogP contribution in [0.5, 0.6) is 0 Å². The van der Waals surface area contributed by atoms with Crippen molar-refractivity contribution in [2.45, 2.75) is 43.7 Å². The monoisotopic (exact) mass is 379 g/mol. The van der Waals surface area contributed by atoms with Gasteiger partial charge in [-0.2, -0.15) is 0 Å². The molecule has 0 saturated heterocycles. The van der Waals surface area contributed by atoms with Gasteiger partial charge in [-0.15, -0.1) is 11.3 Å². The second-order valence-corrected chi connectivity index (χ2v) is 9.31. The Morgan fingerprint density at radius 2 is 1.96 bits per heavy atom. The number of anilines is 1. The van der Waals surface area contributed by atoms with E-state index in [0.29, 0.717) is 24.3 Å². The molecule has 0 spiro atoms. The van der Waals surface area contributed by atoms with Gasteiger partial charge in [0, 0.05) is 35.7 Å². The number of rotatable bonds is 6. The average molecular weight is 380 g/mol. The summed E-state index contributed by atoms with van der Waals surface area (Å²) in [5, 5.41) is 2.16. The molecule has 0 aliphatic carbocycles. The second kappa shape index (κ2) is 7.45. The van der Waals surface area contributed by atoms with E-state index in [4.69, 9.17) is 5.73 Å². The molecule has 3 rings (SSSR count). The van der Waals surface area contributed by atoms with Gasteiger partial charge in [-0.25, -0.2) is 13.1 Å². The van der Waals surface area contributed by atoms with Crippen molar-refractivity contribution in [1.82, 2.24) is 9.62 Å². The van der Waals surface area contributed by atoms with Crippen LogP contribution in [-0.2, 0) is 16.4 Å². The molecular formula is C18H25N3O2S2. The number of benzene rings is 1. The molecule has 7 heteroatoms. The third-order valence-electron chi connectivity index (χ3n) is 4.81. The Morgan fingerprint density at radius 3 is 2.68 bits per heavy atom. The highest BCUT2D eigenvalue weighted by Crippen LogP contribution is 2.36. The molecule has 1 aromatic carbocycles. The fourth-order valence-corrected chi connectivity index (χ4v) is 5.55. The molecule has 5 nitrogen and oxygen atoms in total. The number of nitrogen functional groups attached to an aromatic ring is 1. The van der Waals surface area contributed by atoms with E-state index in [0.717, 1.165) is 19.4 Å². The first-order chi connectivity index (χ1) is 11.9. The van der Waals surface area contributed by atoms with E-state index in [1.165, 1.54) is 22.6 Å². The van der Waals surface area contributed by atoms with Gasteiger partial charge in [-0.05, 0) is 68.0 Å². The lowest BCUT2D eigenvalue weighted by Crippen LogP contribution is -2.41. The molecule has 0 radical (unpaired) electrons. The van der Waals surface area contributed by atoms with Gasteiger partial charge in [0.05, 0.1) is 4.90 Å². The number of nitrogens with zero attached hydrogens (tertiary/aromatic N) is 1. The van der Waals surface area contributed by atoms with E-state index in [9.17, 15) is 8.42 Å². The van der Waals surface area contributed by atoms with Crippen molar-refractivity contribution < 1.29 is 8.42 Å². The first-order valence-corrected chi connectivity index (χ1v) is 10.9. The van der Waals surface area contributed by atoms with E-state index in [-0.39, 0.29) is 4.90 Å². The summed E-state index contributed by atoms with van der Waals surface area (Å²) in [6.45, 7) is 5.79. The fraction of sp³-hybridized carbons (Fsp3) is 0.444. The van der Waals surface area contributed by atoms with Crippen LogP contribution >= 0.6 is 11.3 Å². The van der Waals surface area contributed by atoms with E-state index in [1.807, 2.05) is 11.3 Å². The minimum Gasteiger partial charge on any atom is -0.399 e. The third-order valence-corrected chi connectivity index (χ3v) is 7.42. The molecule has 2 atom stereocenters. The Morgan fingerprint density at radius 1 is 1.24 bits per heavy atom. The fourth-order valence-electron chi connectivity index (χ4n) is 3.46. The van der Waals surface area contributed by atoms with Gasteiger partial charge in [-0.3, -0.25) is 4.90 Å². The van der Waals surface area contributed by atoms with Crippen molar-refractivity contribution in [3.05, 3.63) is 46.2 Å². The van der Waals surface area contributed by atoms with Gasteiger partial charge >= 0.3 is 0 Å². The zero-order valence-electron chi connectivity index (χ0n) is 14.6. The Bertz CT molecular complexity index is 815. The van der Waals surface area contributed by atoms with Gasteiger partial charge in [0.2, 0.25) is 10.0 Å². The maximum absolute atomic E-state index is 12.3. The lowest BCUT2D eigenvalue weighted by atomic mass is 9.96. The minimum absolute atomic E-state index is 0.254. The van der Waals surface area contributed by atoms with Crippen LogP contribution in [0, 0.1) is 0 Å². The highest BCUT2D eigenvalue weighted by molar-refractivity contribution is 7.89. The molecule has 2 heterocycles. The highest BCUT2D eigenvalue weighted by Gasteiger charge is 2.29. The average Bonchev–Trinajstić information content (AvgIpc) is 3.02. The topological polar surface area (TPSA) is 75.4 Å². The summed E-state index contributed by atoms with van der Waals surface area (Å²) in [6, 6.07) is 9.37. The summed E-state index contributed by atoms with van der Waals surface area (Å²) in [5.41, 5.74) is 7.63. The van der Waals surface area contributed by atoms with Crippen molar-refractivity contribution in [2.24, 2.45) is 0 Å². The zero-order chi connectivity index (χ0) is 18.0. The first kappa shape index (κ1) is 18.4. The molecule has 25 heavy (non-hydrogen) atoms. The Hall–Kier alpha value is -1.41. The van der Waals surface area contributed by atoms with Crippen molar-refractivity contribution in [3.63, 3.8) is 0 Å². The number of nitrogens with two attached hydrogens (primary N) is 1. The smallest absolute Gasteiger partial charge is 0.240 e. The number of thiophene rings is 1. The SMILES string of the molecule is CC1Cc2ccsc2C(C)N1CCCNS(=O)(=O)c1ccc(N)cc1. The highest BCUT2D eigenvalue weighted by atomic mass is 32.2. The minimum atomic E-state index is -3.47. The third kappa shape index (κ3) is 4.06. The molecule has 0 amide bonds. The van der Waals surface area contributed by atoms with Gasteiger partial charge in [0.1, 0.15) is 0 Å². The van der Waals surface area contributed by atoms with Crippen molar-refractivity contribution in [3.8, 4) is 0 Å².